The van der Waals surface area contributed by atoms with Crippen molar-refractivity contribution in [3.8, 4) is 0 Å². The van der Waals surface area contributed by atoms with Gasteiger partial charge in [-0.1, -0.05) is 52.4 Å². The van der Waals surface area contributed by atoms with Crippen LogP contribution in [0.1, 0.15) is 98.3 Å². The summed E-state index contributed by atoms with van der Waals surface area (Å²) in [6.07, 6.45) is 7.98. The number of carbonyl (C=O) groups is 2. The van der Waals surface area contributed by atoms with Crippen LogP contribution in [0.25, 0.3) is 0 Å². The predicted molar refractivity (Wildman–Crippen MR) is 112 cm³/mol. The molecule has 7 nitrogen and oxygen atoms in total. The molecule has 0 bridgehead atoms. The first-order valence-corrected chi connectivity index (χ1v) is 11.2. The van der Waals surface area contributed by atoms with Crippen LogP contribution in [0.5, 0.6) is 0 Å². The SMILES string of the molecule is CCCCOC(C)(OCCCC)OC(C)C(CCCCCCCC(=O)O)C(=O)O. The molecule has 0 aromatic carbocycles. The van der Waals surface area contributed by atoms with Crippen LogP contribution in [-0.4, -0.2) is 47.4 Å². The zero-order chi connectivity index (χ0) is 22.1. The topological polar surface area (TPSA) is 102 Å². The molecule has 0 rings (SSSR count). The molecule has 0 aliphatic carbocycles. The number of rotatable bonds is 20. The summed E-state index contributed by atoms with van der Waals surface area (Å²) in [5.41, 5.74) is 0. The Morgan fingerprint density at radius 3 is 1.86 bits per heavy atom. The van der Waals surface area contributed by atoms with Crippen LogP contribution in [0.15, 0.2) is 0 Å². The Hall–Kier alpha value is -1.18. The standard InChI is InChI=1S/C22H42O7/c1-5-7-16-27-22(4,28-17-8-6-2)29-18(3)19(21(25)26)14-12-10-9-11-13-15-20(23)24/h18-19H,5-17H2,1-4H3,(H,23,24)(H,25,26). The van der Waals surface area contributed by atoms with E-state index in [-0.39, 0.29) is 6.42 Å². The molecule has 0 fully saturated rings. The lowest BCUT2D eigenvalue weighted by atomic mass is 9.95. The highest BCUT2D eigenvalue weighted by Crippen LogP contribution is 2.25. The Bertz CT molecular complexity index is 429. The third-order valence-electron chi connectivity index (χ3n) is 4.91. The maximum atomic E-state index is 11.8. The van der Waals surface area contributed by atoms with Crippen molar-refractivity contribution in [2.45, 2.75) is 110 Å². The third kappa shape index (κ3) is 14.4. The first kappa shape index (κ1) is 27.8. The van der Waals surface area contributed by atoms with E-state index in [1.165, 1.54) is 0 Å². The van der Waals surface area contributed by atoms with Gasteiger partial charge in [0.2, 0.25) is 0 Å². The normalized spacial score (nSPS) is 13.9. The van der Waals surface area contributed by atoms with Gasteiger partial charge < -0.3 is 24.4 Å². The molecule has 0 aliphatic rings. The van der Waals surface area contributed by atoms with E-state index in [0.29, 0.717) is 26.1 Å². The molecule has 0 amide bonds. The fraction of sp³-hybridized carbons (Fsp3) is 0.909. The van der Waals surface area contributed by atoms with Crippen LogP contribution >= 0.6 is 0 Å². The first-order chi connectivity index (χ1) is 13.8. The number of hydrogen-bond donors (Lipinski definition) is 2. The molecule has 172 valence electrons. The molecule has 0 spiro atoms. The van der Waals surface area contributed by atoms with Gasteiger partial charge in [0.15, 0.2) is 0 Å². The second-order valence-electron chi connectivity index (χ2n) is 7.73. The van der Waals surface area contributed by atoms with Crippen LogP contribution < -0.4 is 0 Å². The lowest BCUT2D eigenvalue weighted by Crippen LogP contribution is -2.43. The van der Waals surface area contributed by atoms with Crippen LogP contribution in [-0.2, 0) is 23.8 Å². The second-order valence-corrected chi connectivity index (χ2v) is 7.73. The summed E-state index contributed by atoms with van der Waals surface area (Å²) in [7, 11) is 0. The molecule has 0 aromatic heterocycles. The molecule has 0 heterocycles. The fourth-order valence-corrected chi connectivity index (χ4v) is 3.06. The molecular formula is C22H42O7. The minimum absolute atomic E-state index is 0.192. The van der Waals surface area contributed by atoms with Crippen molar-refractivity contribution in [2.75, 3.05) is 13.2 Å². The minimum atomic E-state index is -1.24. The summed E-state index contributed by atoms with van der Waals surface area (Å²) < 4.78 is 17.6. The Kier molecular flexibility index (Phi) is 15.9. The molecule has 2 N–H and O–H groups in total. The van der Waals surface area contributed by atoms with Gasteiger partial charge in [-0.05, 0) is 32.6 Å². The van der Waals surface area contributed by atoms with Crippen molar-refractivity contribution >= 4 is 11.9 Å². The van der Waals surface area contributed by atoms with E-state index < -0.39 is 29.9 Å². The number of aliphatic carboxylic acids is 2. The van der Waals surface area contributed by atoms with Crippen LogP contribution in [0.2, 0.25) is 0 Å². The van der Waals surface area contributed by atoms with E-state index in [4.69, 9.17) is 19.3 Å². The average Bonchev–Trinajstić information content (AvgIpc) is 2.63. The van der Waals surface area contributed by atoms with Gasteiger partial charge in [-0.15, -0.1) is 0 Å². The van der Waals surface area contributed by atoms with Gasteiger partial charge in [-0.25, -0.2) is 0 Å². The van der Waals surface area contributed by atoms with Crippen LogP contribution in [0.4, 0.5) is 0 Å². The molecule has 0 aromatic rings. The van der Waals surface area contributed by atoms with Crippen molar-refractivity contribution in [2.24, 2.45) is 5.92 Å². The Morgan fingerprint density at radius 1 is 0.862 bits per heavy atom. The van der Waals surface area contributed by atoms with Gasteiger partial charge in [0.05, 0.1) is 25.2 Å². The van der Waals surface area contributed by atoms with Crippen LogP contribution in [0, 0.1) is 5.92 Å². The number of ether oxygens (including phenoxy) is 3. The van der Waals surface area contributed by atoms with Crippen molar-refractivity contribution < 1.29 is 34.0 Å². The molecule has 0 saturated heterocycles. The van der Waals surface area contributed by atoms with E-state index in [9.17, 15) is 14.7 Å². The van der Waals surface area contributed by atoms with Gasteiger partial charge >= 0.3 is 11.9 Å². The highest BCUT2D eigenvalue weighted by Gasteiger charge is 2.35. The number of carboxylic acids is 2. The van der Waals surface area contributed by atoms with Gasteiger partial charge in [0.25, 0.3) is 5.97 Å². The zero-order valence-corrected chi connectivity index (χ0v) is 18.8. The Labute approximate surface area is 176 Å². The lowest BCUT2D eigenvalue weighted by Gasteiger charge is -2.34. The highest BCUT2D eigenvalue weighted by atomic mass is 16.9. The maximum absolute atomic E-state index is 11.8. The molecule has 7 heteroatoms. The second kappa shape index (κ2) is 16.6. The van der Waals surface area contributed by atoms with Gasteiger partial charge in [-0.2, -0.15) is 0 Å². The highest BCUT2D eigenvalue weighted by molar-refractivity contribution is 5.70. The fourth-order valence-electron chi connectivity index (χ4n) is 3.06. The Balaban J connectivity index is 4.56. The minimum Gasteiger partial charge on any atom is -0.481 e. The van der Waals surface area contributed by atoms with Crippen molar-refractivity contribution in [3.05, 3.63) is 0 Å². The summed E-state index contributed by atoms with van der Waals surface area (Å²) in [5, 5.41) is 18.3. The van der Waals surface area contributed by atoms with E-state index in [1.807, 2.05) is 0 Å². The summed E-state index contributed by atoms with van der Waals surface area (Å²) in [4.78, 5) is 22.3. The number of hydrogen-bond acceptors (Lipinski definition) is 5. The molecular weight excluding hydrogens is 376 g/mol. The van der Waals surface area contributed by atoms with E-state index in [1.54, 1.807) is 13.8 Å². The lowest BCUT2D eigenvalue weighted by molar-refractivity contribution is -0.385. The largest absolute Gasteiger partial charge is 0.481 e. The van der Waals surface area contributed by atoms with Gasteiger partial charge in [0, 0.05) is 13.3 Å². The van der Waals surface area contributed by atoms with Crippen molar-refractivity contribution in [1.29, 1.82) is 0 Å². The van der Waals surface area contributed by atoms with Gasteiger partial charge in [0.1, 0.15) is 0 Å². The summed E-state index contributed by atoms with van der Waals surface area (Å²) in [6, 6.07) is 0. The molecule has 0 radical (unpaired) electrons. The van der Waals surface area contributed by atoms with E-state index in [0.717, 1.165) is 51.4 Å². The Morgan fingerprint density at radius 2 is 1.38 bits per heavy atom. The molecule has 2 atom stereocenters. The average molecular weight is 419 g/mol. The summed E-state index contributed by atoms with van der Waals surface area (Å²) >= 11 is 0. The van der Waals surface area contributed by atoms with E-state index >= 15 is 0 Å². The zero-order valence-electron chi connectivity index (χ0n) is 18.8. The molecule has 2 unspecified atom stereocenters. The number of carboxylic acid groups (broad SMARTS) is 2. The smallest absolute Gasteiger partial charge is 0.309 e. The summed E-state index contributed by atoms with van der Waals surface area (Å²) in [5.74, 6) is -3.54. The van der Waals surface area contributed by atoms with Crippen molar-refractivity contribution in [1.82, 2.24) is 0 Å². The quantitative estimate of drug-likeness (QED) is 0.206. The number of unbranched alkanes of at least 4 members (excludes halogenated alkanes) is 6. The monoisotopic (exact) mass is 418 g/mol. The third-order valence-corrected chi connectivity index (χ3v) is 4.91. The van der Waals surface area contributed by atoms with Gasteiger partial charge in [-0.3, -0.25) is 9.59 Å². The first-order valence-electron chi connectivity index (χ1n) is 11.2. The van der Waals surface area contributed by atoms with E-state index in [2.05, 4.69) is 13.8 Å². The van der Waals surface area contributed by atoms with Crippen molar-refractivity contribution in [3.63, 3.8) is 0 Å². The molecule has 0 aliphatic heterocycles. The van der Waals surface area contributed by atoms with Crippen LogP contribution in [0.3, 0.4) is 0 Å². The molecule has 29 heavy (non-hydrogen) atoms. The maximum Gasteiger partial charge on any atom is 0.309 e. The summed E-state index contributed by atoms with van der Waals surface area (Å²) in [6.45, 7) is 8.63. The predicted octanol–water partition coefficient (Wildman–Crippen LogP) is 5.21. The molecule has 0 saturated carbocycles.